The summed E-state index contributed by atoms with van der Waals surface area (Å²) in [5, 5.41) is 11.4. The van der Waals surface area contributed by atoms with Crippen LogP contribution in [0, 0.1) is 0 Å². The van der Waals surface area contributed by atoms with E-state index in [2.05, 4.69) is 4.98 Å². The van der Waals surface area contributed by atoms with Crippen molar-refractivity contribution in [1.82, 2.24) is 4.98 Å². The molecule has 31 heavy (non-hydrogen) atoms. The molecular formula is C20H19N3O6S2. The highest BCUT2D eigenvalue weighted by molar-refractivity contribution is 7.93. The largest absolute Gasteiger partial charge is 0.497 e. The first-order chi connectivity index (χ1) is 14.9. The molecule has 2 aromatic carbocycles. The number of ether oxygens (including phenoxy) is 2. The molecular weight excluding hydrogens is 442 g/mol. The Bertz CT molecular complexity index is 1180. The lowest BCUT2D eigenvalue weighted by Crippen LogP contribution is -2.37. The van der Waals surface area contributed by atoms with E-state index in [1.165, 1.54) is 40.0 Å². The predicted octanol–water partition coefficient (Wildman–Crippen LogP) is 3.42. The maximum atomic E-state index is 13.5. The average molecular weight is 462 g/mol. The smallest absolute Gasteiger partial charge is 0.412 e. The summed E-state index contributed by atoms with van der Waals surface area (Å²) in [7, 11) is -2.44. The number of amides is 1. The van der Waals surface area contributed by atoms with Gasteiger partial charge in [0.25, 0.3) is 10.0 Å². The number of anilines is 2. The van der Waals surface area contributed by atoms with E-state index in [4.69, 9.17) is 9.47 Å². The molecule has 0 saturated carbocycles. The predicted molar refractivity (Wildman–Crippen MR) is 116 cm³/mol. The Morgan fingerprint density at radius 3 is 2.71 bits per heavy atom. The number of hydrogen-bond acceptors (Lipinski definition) is 7. The van der Waals surface area contributed by atoms with Gasteiger partial charge in [-0.05, 0) is 29.8 Å². The molecule has 4 rings (SSSR count). The van der Waals surface area contributed by atoms with Gasteiger partial charge in [-0.15, -0.1) is 11.3 Å². The molecule has 1 aliphatic rings. The fourth-order valence-electron chi connectivity index (χ4n) is 3.18. The summed E-state index contributed by atoms with van der Waals surface area (Å²) in [6.07, 6.45) is 0.418. The van der Waals surface area contributed by atoms with Crippen LogP contribution in [0.3, 0.4) is 0 Å². The zero-order valence-electron chi connectivity index (χ0n) is 16.5. The first kappa shape index (κ1) is 20.9. The van der Waals surface area contributed by atoms with Crippen LogP contribution in [0.5, 0.6) is 11.5 Å². The zero-order chi connectivity index (χ0) is 22.0. The fourth-order valence-corrected chi connectivity index (χ4v) is 5.47. The van der Waals surface area contributed by atoms with Crippen molar-refractivity contribution in [3.05, 3.63) is 59.6 Å². The maximum absolute atomic E-state index is 13.5. The lowest BCUT2D eigenvalue weighted by atomic mass is 10.2. The van der Waals surface area contributed by atoms with Crippen LogP contribution in [0.1, 0.15) is 5.56 Å². The van der Waals surface area contributed by atoms with E-state index < -0.39 is 16.1 Å². The minimum atomic E-state index is -4.01. The van der Waals surface area contributed by atoms with Crippen LogP contribution in [-0.2, 0) is 16.6 Å². The molecule has 0 fully saturated rings. The first-order valence-electron chi connectivity index (χ1n) is 9.22. The Labute approximate surface area is 183 Å². The van der Waals surface area contributed by atoms with E-state index in [-0.39, 0.29) is 30.3 Å². The van der Waals surface area contributed by atoms with Crippen LogP contribution in [0.15, 0.2) is 58.9 Å². The van der Waals surface area contributed by atoms with Gasteiger partial charge in [0.2, 0.25) is 0 Å². The number of nitrogens with zero attached hydrogens (tertiary/aromatic N) is 3. The minimum absolute atomic E-state index is 0.0119. The van der Waals surface area contributed by atoms with Crippen molar-refractivity contribution in [3.8, 4) is 11.5 Å². The number of aromatic nitrogens is 1. The number of sulfonamides is 1. The van der Waals surface area contributed by atoms with Crippen molar-refractivity contribution in [2.24, 2.45) is 0 Å². The van der Waals surface area contributed by atoms with Crippen molar-refractivity contribution >= 4 is 38.3 Å². The van der Waals surface area contributed by atoms with Crippen LogP contribution < -0.4 is 18.7 Å². The van der Waals surface area contributed by atoms with Gasteiger partial charge in [-0.2, -0.15) is 0 Å². The Hall–Kier alpha value is -3.31. The number of hydrogen-bond donors (Lipinski definition) is 1. The summed E-state index contributed by atoms with van der Waals surface area (Å²) < 4.78 is 39.0. The Morgan fingerprint density at radius 1 is 1.29 bits per heavy atom. The Kier molecular flexibility index (Phi) is 5.70. The van der Waals surface area contributed by atoms with Gasteiger partial charge in [0.15, 0.2) is 5.13 Å². The molecule has 1 N–H and O–H groups in total. The topological polar surface area (TPSA) is 109 Å². The van der Waals surface area contributed by atoms with E-state index in [9.17, 15) is 18.3 Å². The highest BCUT2D eigenvalue weighted by atomic mass is 32.2. The van der Waals surface area contributed by atoms with Crippen LogP contribution >= 0.6 is 11.3 Å². The van der Waals surface area contributed by atoms with Gasteiger partial charge in [-0.25, -0.2) is 22.5 Å². The molecule has 2 heterocycles. The number of methoxy groups -OCH3 is 1. The molecule has 0 atom stereocenters. The SMILES string of the molecule is COc1ccc(CN(c2nccs2)S(=O)(=O)c2ccc3c(c2)OCCN3C(=O)O)cc1. The average Bonchev–Trinajstić information content (AvgIpc) is 3.31. The lowest BCUT2D eigenvalue weighted by molar-refractivity contribution is 0.196. The van der Waals surface area contributed by atoms with Gasteiger partial charge in [-0.1, -0.05) is 12.1 Å². The third kappa shape index (κ3) is 4.14. The third-order valence-corrected chi connectivity index (χ3v) is 7.37. The molecule has 0 aliphatic carbocycles. The van der Waals surface area contributed by atoms with Gasteiger partial charge in [0, 0.05) is 17.6 Å². The quantitative estimate of drug-likeness (QED) is 0.599. The fraction of sp³-hybridized carbons (Fsp3) is 0.200. The van der Waals surface area contributed by atoms with Crippen molar-refractivity contribution < 1.29 is 27.8 Å². The van der Waals surface area contributed by atoms with Crippen molar-refractivity contribution in [2.75, 3.05) is 29.5 Å². The second-order valence-corrected chi connectivity index (χ2v) is 9.32. The van der Waals surface area contributed by atoms with E-state index in [1.807, 2.05) is 0 Å². The first-order valence-corrected chi connectivity index (χ1v) is 11.5. The number of carboxylic acid groups (broad SMARTS) is 1. The molecule has 0 saturated heterocycles. The number of rotatable bonds is 6. The molecule has 1 aliphatic heterocycles. The van der Waals surface area contributed by atoms with Crippen LogP contribution in [0.25, 0.3) is 0 Å². The van der Waals surface area contributed by atoms with Crippen molar-refractivity contribution in [3.63, 3.8) is 0 Å². The molecule has 1 amide bonds. The summed E-state index contributed by atoms with van der Waals surface area (Å²) in [4.78, 5) is 16.7. The van der Waals surface area contributed by atoms with Gasteiger partial charge in [-0.3, -0.25) is 4.90 Å². The minimum Gasteiger partial charge on any atom is -0.497 e. The van der Waals surface area contributed by atoms with Crippen LogP contribution in [0.4, 0.5) is 15.6 Å². The Balaban J connectivity index is 1.71. The molecule has 11 heteroatoms. The van der Waals surface area contributed by atoms with Crippen LogP contribution in [0.2, 0.25) is 0 Å². The molecule has 3 aromatic rings. The summed E-state index contributed by atoms with van der Waals surface area (Å²) in [5.74, 6) is 0.875. The lowest BCUT2D eigenvalue weighted by Gasteiger charge is -2.28. The molecule has 162 valence electrons. The van der Waals surface area contributed by atoms with E-state index in [0.717, 1.165) is 10.5 Å². The number of carbonyl (C=O) groups is 1. The highest BCUT2D eigenvalue weighted by Gasteiger charge is 2.30. The van der Waals surface area contributed by atoms with Crippen LogP contribution in [-0.4, -0.2) is 44.9 Å². The monoisotopic (exact) mass is 461 g/mol. The summed E-state index contributed by atoms with van der Waals surface area (Å²) >= 11 is 1.21. The molecule has 0 radical (unpaired) electrons. The molecule has 0 spiro atoms. The summed E-state index contributed by atoms with van der Waals surface area (Å²) in [5.41, 5.74) is 1.07. The highest BCUT2D eigenvalue weighted by Crippen LogP contribution is 2.36. The molecule has 1 aromatic heterocycles. The second kappa shape index (κ2) is 8.44. The molecule has 0 bridgehead atoms. The number of thiazole rings is 1. The van der Waals surface area contributed by atoms with Gasteiger partial charge >= 0.3 is 6.09 Å². The Morgan fingerprint density at radius 2 is 2.06 bits per heavy atom. The summed E-state index contributed by atoms with van der Waals surface area (Å²) in [6.45, 7) is 0.390. The number of benzene rings is 2. The van der Waals surface area contributed by atoms with Crippen molar-refractivity contribution in [2.45, 2.75) is 11.4 Å². The van der Waals surface area contributed by atoms with E-state index in [1.54, 1.807) is 36.8 Å². The molecule has 9 nitrogen and oxygen atoms in total. The summed E-state index contributed by atoms with van der Waals surface area (Å²) in [6, 6.07) is 11.3. The normalized spacial score (nSPS) is 13.3. The third-order valence-electron chi connectivity index (χ3n) is 4.73. The van der Waals surface area contributed by atoms with Gasteiger partial charge < -0.3 is 14.6 Å². The second-order valence-electron chi connectivity index (χ2n) is 6.59. The standard InChI is InChI=1S/C20H19N3O6S2/c1-28-15-4-2-14(3-5-15)13-23(19-21-8-11-30-19)31(26,27)16-6-7-17-18(12-16)29-10-9-22(17)20(24)25/h2-8,11-12H,9-10,13H2,1H3,(H,24,25). The van der Waals surface area contributed by atoms with E-state index >= 15 is 0 Å². The zero-order valence-corrected chi connectivity index (χ0v) is 18.1. The van der Waals surface area contributed by atoms with E-state index in [0.29, 0.717) is 16.6 Å². The van der Waals surface area contributed by atoms with Gasteiger partial charge in [0.05, 0.1) is 30.8 Å². The van der Waals surface area contributed by atoms with Crippen molar-refractivity contribution in [1.29, 1.82) is 0 Å². The number of fused-ring (bicyclic) bond motifs is 1. The van der Waals surface area contributed by atoms with Gasteiger partial charge in [0.1, 0.15) is 18.1 Å². The maximum Gasteiger partial charge on any atom is 0.412 e. The molecule has 0 unspecified atom stereocenters.